The molecular weight excluding hydrogens is 1840 g/mol. The summed E-state index contributed by atoms with van der Waals surface area (Å²) >= 11 is 1.46. The fourth-order valence-corrected chi connectivity index (χ4v) is 20.2. The average molecular weight is 1980 g/mol. The summed E-state index contributed by atoms with van der Waals surface area (Å²) in [5, 5.41) is 27.4. The predicted octanol–water partition coefficient (Wildman–Crippen LogP) is 11.9. The van der Waals surface area contributed by atoms with Gasteiger partial charge in [0.1, 0.15) is 41.7 Å². The number of likely N-dealkylation sites (tertiary alicyclic amines) is 2. The van der Waals surface area contributed by atoms with Crippen LogP contribution < -0.4 is 27.0 Å². The van der Waals surface area contributed by atoms with Crippen LogP contribution in [0.5, 0.6) is 0 Å². The molecule has 5 heterocycles. The lowest BCUT2D eigenvalue weighted by molar-refractivity contribution is -0.148. The first kappa shape index (κ1) is 112. The Hall–Kier alpha value is -12.1. The van der Waals surface area contributed by atoms with Gasteiger partial charge in [0, 0.05) is 161 Å². The summed E-state index contributed by atoms with van der Waals surface area (Å²) in [6.45, 7) is 18.7. The molecule has 2 aliphatic heterocycles. The number of fused-ring (bicyclic) bond motifs is 4. The van der Waals surface area contributed by atoms with Crippen molar-refractivity contribution in [1.82, 2.24) is 70.3 Å². The molecule has 11 amide bonds. The second kappa shape index (κ2) is 55.0. The Kier molecular flexibility index (Phi) is 43.3. The van der Waals surface area contributed by atoms with Gasteiger partial charge in [-0.15, -0.1) is 11.3 Å². The number of ketones is 2. The number of primary amides is 1. The number of hydrazine groups is 1. The van der Waals surface area contributed by atoms with Crippen LogP contribution in [0.4, 0.5) is 14.4 Å². The van der Waals surface area contributed by atoms with E-state index in [0.29, 0.717) is 74.9 Å². The monoisotopic (exact) mass is 1980 g/mol. The lowest BCUT2D eigenvalue weighted by Gasteiger charge is -2.41. The van der Waals surface area contributed by atoms with Crippen LogP contribution in [0, 0.1) is 35.5 Å². The maximum Gasteiger partial charge on any atom is 0.424 e. The SMILES string of the molecule is CC[C@H](C)[C@@H]([C@@H](CC(=O)N1CCC[C@H]1[C@H](OC)[C@@H](C)C(=O)N[C@@H](Cc1ccccc1)c1nccs1)OC)N(C)C(=O)[C@@H](NC(=O)[C@H](C(C)C)N(C)C(=O)OCc1ccc(CC(=O)[C@H](CCCNC(N)=O)NC(=O)[C@@H](CC(=O)CCC(=O)N(CCOCCOCCC(=O)O)C2CCN(C(=O)CCn3c(CN(C)N(C)C(=O)OCC4c5ccccc5-c5ccccc54)cc4cccnc43)CC2)C(C)C)cc1)C(C)C. The number of methoxy groups -OCH3 is 2. The molecule has 3 aromatic heterocycles. The third kappa shape index (κ3) is 31.0. The number of carboxylic acids is 1. The normalized spacial score (nSPS) is 15.9. The predicted molar refractivity (Wildman–Crippen MR) is 538 cm³/mol. The zero-order chi connectivity index (χ0) is 103. The number of nitrogens with zero attached hydrogens (tertiary/aromatic N) is 10. The minimum absolute atomic E-state index is 0.00110. The molecule has 0 saturated carbocycles. The van der Waals surface area contributed by atoms with Crippen LogP contribution >= 0.6 is 11.3 Å². The number of carboxylic acid groups (broad SMARTS) is 1. The number of likely N-dealkylation sites (N-methyl/N-ethyl adjacent to an activating group) is 2. The lowest BCUT2D eigenvalue weighted by atomic mass is 9.88. The van der Waals surface area contributed by atoms with E-state index in [1.54, 1.807) is 117 Å². The first-order valence-corrected chi connectivity index (χ1v) is 50.6. The number of hydrogen-bond acceptors (Lipinski definition) is 23. The van der Waals surface area contributed by atoms with Crippen molar-refractivity contribution in [2.75, 3.05) is 108 Å². The molecule has 0 bridgehead atoms. The summed E-state index contributed by atoms with van der Waals surface area (Å²) < 4.78 is 37.4. The minimum Gasteiger partial charge on any atom is -0.481 e. The Morgan fingerprint density at radius 3 is 1.93 bits per heavy atom. The molecule has 11 atom stereocenters. The molecular formula is C106H147N15O20S. The number of piperidine rings is 1. The van der Waals surface area contributed by atoms with Gasteiger partial charge in [-0.05, 0) is 126 Å². The number of rotatable bonds is 56. The first-order valence-electron chi connectivity index (χ1n) is 49.7. The molecule has 0 spiro atoms. The van der Waals surface area contributed by atoms with Gasteiger partial charge in [0.05, 0.1) is 88.1 Å². The van der Waals surface area contributed by atoms with Gasteiger partial charge in [-0.3, -0.25) is 52.8 Å². The Morgan fingerprint density at radius 1 is 0.634 bits per heavy atom. The van der Waals surface area contributed by atoms with E-state index < -0.39 is 114 Å². The number of aromatic nitrogens is 3. The Labute approximate surface area is 838 Å². The van der Waals surface area contributed by atoms with Crippen molar-refractivity contribution in [2.24, 2.45) is 41.2 Å². The number of aryl methyl sites for hydroxylation is 1. The zero-order valence-electron chi connectivity index (χ0n) is 85.0. The van der Waals surface area contributed by atoms with E-state index in [1.165, 1.54) is 35.4 Å². The van der Waals surface area contributed by atoms with Gasteiger partial charge >= 0.3 is 24.2 Å². The summed E-state index contributed by atoms with van der Waals surface area (Å²) in [4.78, 5) is 198. The highest BCUT2D eigenvalue weighted by atomic mass is 32.1. The van der Waals surface area contributed by atoms with Gasteiger partial charge in [0.2, 0.25) is 41.4 Å². The third-order valence-corrected chi connectivity index (χ3v) is 28.7. The molecule has 1 aliphatic carbocycles. The molecule has 142 heavy (non-hydrogen) atoms. The smallest absolute Gasteiger partial charge is 0.424 e. The number of carbonyl (C=O) groups excluding carboxylic acids is 12. The number of benzene rings is 4. The maximum absolute atomic E-state index is 15.0. The largest absolute Gasteiger partial charge is 0.481 e. The molecule has 2 fully saturated rings. The number of carbonyl (C=O) groups is 13. The molecule has 2 saturated heterocycles. The van der Waals surface area contributed by atoms with E-state index in [4.69, 9.17) is 39.3 Å². The molecule has 3 aliphatic rings. The lowest BCUT2D eigenvalue weighted by Crippen LogP contribution is -2.60. The maximum atomic E-state index is 15.0. The number of nitrogens with one attached hydrogen (secondary N) is 4. The van der Waals surface area contributed by atoms with Crippen molar-refractivity contribution in [3.8, 4) is 11.1 Å². The Morgan fingerprint density at radius 2 is 1.30 bits per heavy atom. The van der Waals surface area contributed by atoms with Gasteiger partial charge < -0.3 is 84.7 Å². The van der Waals surface area contributed by atoms with Crippen molar-refractivity contribution in [2.45, 2.75) is 239 Å². The number of urea groups is 1. The fourth-order valence-electron chi connectivity index (χ4n) is 19.5. The molecule has 10 rings (SSSR count). The third-order valence-electron chi connectivity index (χ3n) is 27.8. The number of amides is 11. The van der Waals surface area contributed by atoms with Crippen molar-refractivity contribution >= 4 is 99.5 Å². The van der Waals surface area contributed by atoms with E-state index in [1.807, 2.05) is 117 Å². The van der Waals surface area contributed by atoms with Crippen molar-refractivity contribution in [3.63, 3.8) is 0 Å². The molecule has 0 radical (unpaired) electrons. The highest BCUT2D eigenvalue weighted by Gasteiger charge is 2.45. The summed E-state index contributed by atoms with van der Waals surface area (Å²) in [5.74, 6) is -7.40. The standard InChI is InChI=1S/C106H147N15O20S/c1-16-70(8)96(89(136-14)63-92(126)121-49-26-35-87(121)97(137-15)71(9)99(129)112-86(102-109-48-58-142-102)59-72-27-18-17-19-28-72)115(11)103(132)94(68(4)5)113-101(131)95(69(6)7)116(12)105(134)140-65-74-38-36-73(37-39-74)60-88(123)85(34-25-47-110-104(107)133)111-100(130)83(67(2)3)62-78(122)40-41-91(125)119(53-55-139-57-56-138-54-45-93(127)128)76-42-50-118(51-43-76)90(124)44-52-120-77(61-75-29-24-46-108-98(75)120)64-114(10)117(13)106(135)141-66-84-81-32-22-20-30-79(81)80-31-21-23-33-82(80)84/h17-24,27-33,36-39,46,48,58,61,67-71,76,83-87,89,94-97H,16,25-26,34-35,40-45,47,49-57,59-60,62-66H2,1-15H3,(H,111,130)(H,112,129)(H,113,131)(H,127,128)(H3,107,110,133)/t70-,71+,83-,85-,86-,87-,89+,94-,95-,96-,97+/m0/s1. The number of thiazole rings is 1. The Bertz CT molecular complexity index is 5300. The summed E-state index contributed by atoms with van der Waals surface area (Å²) in [6.07, 6.45) is 3.28. The number of nitrogens with two attached hydrogens (primary N) is 1. The van der Waals surface area contributed by atoms with Gasteiger partial charge in [0.15, 0.2) is 5.78 Å². The number of Topliss-reactive ketones (excluding diaryl/α,β-unsaturated/α-hetero) is 2. The van der Waals surface area contributed by atoms with Crippen LogP contribution in [0.25, 0.3) is 22.2 Å². The van der Waals surface area contributed by atoms with E-state index in [-0.39, 0.29) is 183 Å². The quantitative estimate of drug-likeness (QED) is 0.0152. The highest BCUT2D eigenvalue weighted by molar-refractivity contribution is 7.09. The molecule has 7 N–H and O–H groups in total. The fraction of sp³-hybridized carbons (Fsp3) is 0.557. The average Bonchev–Trinajstić information content (AvgIpc) is 1.61. The summed E-state index contributed by atoms with van der Waals surface area (Å²) in [7, 11) is 9.61. The van der Waals surface area contributed by atoms with Crippen LogP contribution in [0.15, 0.2) is 139 Å². The van der Waals surface area contributed by atoms with E-state index >= 15 is 4.79 Å². The minimum atomic E-state index is -1.11. The number of pyridine rings is 1. The second-order valence-corrected chi connectivity index (χ2v) is 39.4. The number of ether oxygens (including phenoxy) is 6. The van der Waals surface area contributed by atoms with Crippen molar-refractivity contribution < 1.29 is 95.9 Å². The van der Waals surface area contributed by atoms with Gasteiger partial charge in [-0.1, -0.05) is 172 Å². The number of hydrogen-bond donors (Lipinski definition) is 6. The molecule has 772 valence electrons. The van der Waals surface area contributed by atoms with Crippen LogP contribution in [0.1, 0.15) is 196 Å². The Balaban J connectivity index is 0.703. The van der Waals surface area contributed by atoms with Crippen LogP contribution in [-0.2, 0) is 109 Å². The van der Waals surface area contributed by atoms with Crippen LogP contribution in [-0.4, -0.2) is 288 Å². The van der Waals surface area contributed by atoms with Crippen LogP contribution in [0.3, 0.4) is 0 Å². The topological polar surface area (TPSA) is 425 Å². The van der Waals surface area contributed by atoms with E-state index in [9.17, 15) is 57.5 Å². The highest BCUT2D eigenvalue weighted by Crippen LogP contribution is 2.45. The van der Waals surface area contributed by atoms with Crippen LogP contribution in [0.2, 0.25) is 0 Å². The zero-order valence-corrected chi connectivity index (χ0v) is 85.8. The van der Waals surface area contributed by atoms with E-state index in [0.717, 1.165) is 43.9 Å². The molecule has 36 heteroatoms. The van der Waals surface area contributed by atoms with Gasteiger partial charge in [0.25, 0.3) is 0 Å². The summed E-state index contributed by atoms with van der Waals surface area (Å²) in [5.41, 5.74) is 13.5. The second-order valence-electron chi connectivity index (χ2n) is 38.5. The molecule has 4 aromatic carbocycles. The molecule has 0 unspecified atom stereocenters. The first-order chi connectivity index (χ1) is 68.0. The van der Waals surface area contributed by atoms with Crippen molar-refractivity contribution in [1.29, 1.82) is 0 Å². The molecule has 35 nitrogen and oxygen atoms in total. The van der Waals surface area contributed by atoms with Gasteiger partial charge in [-0.25, -0.2) is 34.4 Å². The number of aliphatic carboxylic acids is 1. The van der Waals surface area contributed by atoms with Gasteiger partial charge in [-0.2, -0.15) is 0 Å². The molecule has 7 aromatic rings. The summed E-state index contributed by atoms with van der Waals surface area (Å²) in [6, 6.07) is 32.8. The van der Waals surface area contributed by atoms with Crippen molar-refractivity contribution in [3.05, 3.63) is 178 Å². The van der Waals surface area contributed by atoms with E-state index in [2.05, 4.69) is 55.5 Å².